The molecule has 3 amide bonds. The van der Waals surface area contributed by atoms with Gasteiger partial charge in [0.2, 0.25) is 5.91 Å². The van der Waals surface area contributed by atoms with E-state index in [1.165, 1.54) is 10.4 Å². The second kappa shape index (κ2) is 7.32. The molecule has 0 spiro atoms. The van der Waals surface area contributed by atoms with Gasteiger partial charge in [-0.1, -0.05) is 0 Å². The van der Waals surface area contributed by atoms with E-state index in [9.17, 15) is 9.59 Å². The summed E-state index contributed by atoms with van der Waals surface area (Å²) in [6.45, 7) is 2.11. The summed E-state index contributed by atoms with van der Waals surface area (Å²) >= 11 is 1.75. The molecule has 0 bridgehead atoms. The van der Waals surface area contributed by atoms with Gasteiger partial charge in [0, 0.05) is 30.9 Å². The van der Waals surface area contributed by atoms with Gasteiger partial charge in [-0.15, -0.1) is 11.3 Å². The molecule has 2 aromatic rings. The Morgan fingerprint density at radius 2 is 2.22 bits per heavy atom. The normalized spacial score (nSPS) is 13.5. The number of hydrogen-bond acceptors (Lipinski definition) is 4. The van der Waals surface area contributed by atoms with Gasteiger partial charge in [-0.2, -0.15) is 0 Å². The number of hydrogen-bond donors (Lipinski definition) is 2. The van der Waals surface area contributed by atoms with Crippen molar-refractivity contribution in [3.63, 3.8) is 0 Å². The van der Waals surface area contributed by atoms with E-state index in [0.29, 0.717) is 31.8 Å². The first-order chi connectivity index (χ1) is 11.2. The summed E-state index contributed by atoms with van der Waals surface area (Å²) in [7, 11) is 0. The van der Waals surface area contributed by atoms with Crippen LogP contribution in [-0.4, -0.2) is 29.9 Å². The zero-order chi connectivity index (χ0) is 16.1. The zero-order valence-electron chi connectivity index (χ0n) is 12.7. The zero-order valence-corrected chi connectivity index (χ0v) is 13.5. The number of urea groups is 1. The summed E-state index contributed by atoms with van der Waals surface area (Å²) in [6, 6.07) is 5.34. The van der Waals surface area contributed by atoms with Gasteiger partial charge in [-0.05, 0) is 35.6 Å². The van der Waals surface area contributed by atoms with Crippen LogP contribution in [0.3, 0.4) is 0 Å². The number of amides is 3. The third-order valence-electron chi connectivity index (χ3n) is 3.79. The van der Waals surface area contributed by atoms with E-state index in [2.05, 4.69) is 22.1 Å². The van der Waals surface area contributed by atoms with E-state index in [1.54, 1.807) is 29.7 Å². The van der Waals surface area contributed by atoms with Crippen molar-refractivity contribution in [1.29, 1.82) is 0 Å². The summed E-state index contributed by atoms with van der Waals surface area (Å²) in [4.78, 5) is 27.1. The molecule has 7 heteroatoms. The van der Waals surface area contributed by atoms with Crippen LogP contribution >= 0.6 is 11.3 Å². The summed E-state index contributed by atoms with van der Waals surface area (Å²) < 4.78 is 5.13. The number of furan rings is 1. The van der Waals surface area contributed by atoms with E-state index in [1.807, 2.05) is 4.90 Å². The standard InChI is InChI=1S/C16H19N3O3S/c20-15(19-7-4-14-12(11-19)5-9-23-14)3-6-17-16(21)18-10-13-2-1-8-22-13/h1-2,5,8-9H,3-4,6-7,10-11H2,(H2,17,18,21). The lowest BCUT2D eigenvalue weighted by atomic mass is 10.1. The van der Waals surface area contributed by atoms with Gasteiger partial charge >= 0.3 is 6.03 Å². The molecule has 0 radical (unpaired) electrons. The highest BCUT2D eigenvalue weighted by molar-refractivity contribution is 7.10. The lowest BCUT2D eigenvalue weighted by molar-refractivity contribution is -0.131. The van der Waals surface area contributed by atoms with Gasteiger partial charge < -0.3 is 20.0 Å². The van der Waals surface area contributed by atoms with Gasteiger partial charge in [0.05, 0.1) is 12.8 Å². The van der Waals surface area contributed by atoms with Crippen molar-refractivity contribution in [2.75, 3.05) is 13.1 Å². The van der Waals surface area contributed by atoms with E-state index < -0.39 is 0 Å². The highest BCUT2D eigenvalue weighted by Crippen LogP contribution is 2.24. The molecular formula is C16H19N3O3S. The molecule has 2 N–H and O–H groups in total. The van der Waals surface area contributed by atoms with Crippen LogP contribution in [0.4, 0.5) is 4.79 Å². The van der Waals surface area contributed by atoms with Crippen molar-refractivity contribution < 1.29 is 14.0 Å². The van der Waals surface area contributed by atoms with Crippen molar-refractivity contribution >= 4 is 23.3 Å². The maximum Gasteiger partial charge on any atom is 0.315 e. The molecule has 0 saturated heterocycles. The van der Waals surface area contributed by atoms with Crippen LogP contribution in [-0.2, 0) is 24.3 Å². The monoisotopic (exact) mass is 333 g/mol. The summed E-state index contributed by atoms with van der Waals surface area (Å²) in [5.41, 5.74) is 1.25. The number of nitrogens with zero attached hydrogens (tertiary/aromatic N) is 1. The molecule has 0 aliphatic carbocycles. The van der Waals surface area contributed by atoms with Crippen LogP contribution in [0.2, 0.25) is 0 Å². The predicted octanol–water partition coefficient (Wildman–Crippen LogP) is 2.12. The Kier molecular flexibility index (Phi) is 4.97. The number of fused-ring (bicyclic) bond motifs is 1. The van der Waals surface area contributed by atoms with Gasteiger partial charge in [-0.3, -0.25) is 4.79 Å². The number of carbonyl (C=O) groups is 2. The Hall–Kier alpha value is -2.28. The average Bonchev–Trinajstić information content (AvgIpc) is 3.23. The summed E-state index contributed by atoms with van der Waals surface area (Å²) in [6.07, 6.45) is 2.80. The smallest absolute Gasteiger partial charge is 0.315 e. The molecule has 23 heavy (non-hydrogen) atoms. The summed E-state index contributed by atoms with van der Waals surface area (Å²) in [5, 5.41) is 7.45. The molecule has 0 aromatic carbocycles. The Morgan fingerprint density at radius 1 is 1.30 bits per heavy atom. The minimum absolute atomic E-state index is 0.0770. The van der Waals surface area contributed by atoms with Crippen molar-refractivity contribution in [1.82, 2.24) is 15.5 Å². The largest absolute Gasteiger partial charge is 0.467 e. The molecule has 2 aromatic heterocycles. The molecule has 122 valence electrons. The Morgan fingerprint density at radius 3 is 3.04 bits per heavy atom. The van der Waals surface area contributed by atoms with E-state index in [-0.39, 0.29) is 11.9 Å². The van der Waals surface area contributed by atoms with Crippen molar-refractivity contribution in [3.05, 3.63) is 46.0 Å². The molecule has 0 unspecified atom stereocenters. The topological polar surface area (TPSA) is 74.6 Å². The maximum atomic E-state index is 12.2. The fourth-order valence-electron chi connectivity index (χ4n) is 2.55. The third-order valence-corrected chi connectivity index (χ3v) is 4.81. The maximum absolute atomic E-state index is 12.2. The molecule has 0 saturated carbocycles. The second-order valence-corrected chi connectivity index (χ2v) is 6.37. The first-order valence-corrected chi connectivity index (χ1v) is 8.47. The average molecular weight is 333 g/mol. The molecule has 1 aliphatic heterocycles. The first kappa shape index (κ1) is 15.6. The lowest BCUT2D eigenvalue weighted by Crippen LogP contribution is -2.39. The van der Waals surface area contributed by atoms with Crippen molar-refractivity contribution in [2.24, 2.45) is 0 Å². The highest BCUT2D eigenvalue weighted by atomic mass is 32.1. The minimum atomic E-state index is -0.298. The van der Waals surface area contributed by atoms with Crippen molar-refractivity contribution in [2.45, 2.75) is 25.9 Å². The fraction of sp³-hybridized carbons (Fsp3) is 0.375. The Bertz CT molecular complexity index is 666. The molecule has 3 heterocycles. The fourth-order valence-corrected chi connectivity index (χ4v) is 3.44. The van der Waals surface area contributed by atoms with Crippen molar-refractivity contribution in [3.8, 4) is 0 Å². The van der Waals surface area contributed by atoms with Crippen LogP contribution in [0, 0.1) is 0 Å². The van der Waals surface area contributed by atoms with Gasteiger partial charge in [0.1, 0.15) is 5.76 Å². The Labute approximate surface area is 138 Å². The third kappa shape index (κ3) is 4.13. The molecule has 3 rings (SSSR count). The minimum Gasteiger partial charge on any atom is -0.467 e. The van der Waals surface area contributed by atoms with Crippen LogP contribution in [0.5, 0.6) is 0 Å². The molecule has 0 atom stereocenters. The van der Waals surface area contributed by atoms with E-state index in [4.69, 9.17) is 4.42 Å². The Balaban J connectivity index is 1.35. The van der Waals surface area contributed by atoms with Crippen LogP contribution in [0.25, 0.3) is 0 Å². The van der Waals surface area contributed by atoms with E-state index >= 15 is 0 Å². The number of thiophene rings is 1. The quantitative estimate of drug-likeness (QED) is 0.880. The van der Waals surface area contributed by atoms with Crippen LogP contribution < -0.4 is 10.6 Å². The van der Waals surface area contributed by atoms with Gasteiger partial charge in [0.15, 0.2) is 0 Å². The number of rotatable bonds is 5. The lowest BCUT2D eigenvalue weighted by Gasteiger charge is -2.27. The number of carbonyl (C=O) groups excluding carboxylic acids is 2. The van der Waals surface area contributed by atoms with Gasteiger partial charge in [0.25, 0.3) is 0 Å². The number of nitrogens with one attached hydrogen (secondary N) is 2. The highest BCUT2D eigenvalue weighted by Gasteiger charge is 2.21. The second-order valence-electron chi connectivity index (χ2n) is 5.37. The first-order valence-electron chi connectivity index (χ1n) is 7.59. The summed E-state index contributed by atoms with van der Waals surface area (Å²) in [5.74, 6) is 0.768. The SMILES string of the molecule is O=C(NCCC(=O)N1CCc2sccc2C1)NCc1ccco1. The molecular weight excluding hydrogens is 314 g/mol. The predicted molar refractivity (Wildman–Crippen MR) is 87.0 cm³/mol. The molecule has 1 aliphatic rings. The van der Waals surface area contributed by atoms with E-state index in [0.717, 1.165) is 13.0 Å². The van der Waals surface area contributed by atoms with Gasteiger partial charge in [-0.25, -0.2) is 4.79 Å². The van der Waals surface area contributed by atoms with Crippen LogP contribution in [0.15, 0.2) is 34.3 Å². The van der Waals surface area contributed by atoms with Crippen LogP contribution in [0.1, 0.15) is 22.6 Å². The molecule has 0 fully saturated rings. The molecule has 6 nitrogen and oxygen atoms in total.